The SMILES string of the molecule is CCCNC(C)(CO)COCC1CCCCO1. The molecule has 1 fully saturated rings. The van der Waals surface area contributed by atoms with E-state index >= 15 is 0 Å². The Morgan fingerprint density at radius 3 is 2.88 bits per heavy atom. The molecule has 2 N–H and O–H groups in total. The molecule has 1 heterocycles. The van der Waals surface area contributed by atoms with Crippen LogP contribution in [0.4, 0.5) is 0 Å². The van der Waals surface area contributed by atoms with Crippen molar-refractivity contribution in [3.63, 3.8) is 0 Å². The van der Waals surface area contributed by atoms with E-state index in [1.807, 2.05) is 6.92 Å². The summed E-state index contributed by atoms with van der Waals surface area (Å²) < 4.78 is 11.3. The normalized spacial score (nSPS) is 24.5. The predicted molar refractivity (Wildman–Crippen MR) is 68.2 cm³/mol. The van der Waals surface area contributed by atoms with E-state index in [0.29, 0.717) is 13.2 Å². The standard InChI is InChI=1S/C13H27NO3/c1-3-7-14-13(2,10-15)11-16-9-12-6-4-5-8-17-12/h12,14-15H,3-11H2,1-2H3. The quantitative estimate of drug-likeness (QED) is 0.677. The molecule has 0 aliphatic carbocycles. The summed E-state index contributed by atoms with van der Waals surface area (Å²) in [5.41, 5.74) is -0.329. The second-order valence-corrected chi connectivity index (χ2v) is 5.15. The Bertz CT molecular complexity index is 195. The minimum absolute atomic E-state index is 0.0958. The Labute approximate surface area is 105 Å². The van der Waals surface area contributed by atoms with Crippen LogP contribution in [0, 0.1) is 0 Å². The van der Waals surface area contributed by atoms with E-state index in [1.54, 1.807) is 0 Å². The number of aliphatic hydroxyl groups is 1. The maximum absolute atomic E-state index is 9.38. The van der Waals surface area contributed by atoms with E-state index in [2.05, 4.69) is 12.2 Å². The number of nitrogens with one attached hydrogen (secondary N) is 1. The topological polar surface area (TPSA) is 50.7 Å². The van der Waals surface area contributed by atoms with Gasteiger partial charge in [-0.15, -0.1) is 0 Å². The molecule has 4 heteroatoms. The van der Waals surface area contributed by atoms with Crippen LogP contribution in [0.2, 0.25) is 0 Å². The summed E-state index contributed by atoms with van der Waals surface area (Å²) in [5.74, 6) is 0. The molecule has 1 saturated heterocycles. The van der Waals surface area contributed by atoms with Gasteiger partial charge in [0.2, 0.25) is 0 Å². The molecule has 0 aromatic heterocycles. The van der Waals surface area contributed by atoms with Gasteiger partial charge in [0.1, 0.15) is 0 Å². The highest BCUT2D eigenvalue weighted by Crippen LogP contribution is 2.13. The third-order valence-electron chi connectivity index (χ3n) is 3.15. The third kappa shape index (κ3) is 5.82. The average molecular weight is 245 g/mol. The van der Waals surface area contributed by atoms with Gasteiger partial charge in [0.15, 0.2) is 0 Å². The molecule has 0 radical (unpaired) electrons. The summed E-state index contributed by atoms with van der Waals surface area (Å²) in [5, 5.41) is 12.7. The first kappa shape index (κ1) is 14.9. The summed E-state index contributed by atoms with van der Waals surface area (Å²) >= 11 is 0. The zero-order valence-corrected chi connectivity index (χ0v) is 11.2. The maximum Gasteiger partial charge on any atom is 0.0808 e. The molecule has 1 aliphatic rings. The van der Waals surface area contributed by atoms with Gasteiger partial charge in [0, 0.05) is 6.61 Å². The maximum atomic E-state index is 9.38. The monoisotopic (exact) mass is 245 g/mol. The van der Waals surface area contributed by atoms with Crippen molar-refractivity contribution in [2.45, 2.75) is 51.2 Å². The lowest BCUT2D eigenvalue weighted by Crippen LogP contribution is -2.50. The summed E-state index contributed by atoms with van der Waals surface area (Å²) in [6, 6.07) is 0. The minimum atomic E-state index is -0.329. The lowest BCUT2D eigenvalue weighted by molar-refractivity contribution is -0.0552. The van der Waals surface area contributed by atoms with Crippen LogP contribution in [0.25, 0.3) is 0 Å². The number of rotatable bonds is 8. The van der Waals surface area contributed by atoms with Crippen molar-refractivity contribution in [1.29, 1.82) is 0 Å². The average Bonchev–Trinajstić information content (AvgIpc) is 2.38. The minimum Gasteiger partial charge on any atom is -0.394 e. The zero-order valence-electron chi connectivity index (χ0n) is 11.2. The van der Waals surface area contributed by atoms with Gasteiger partial charge in [-0.1, -0.05) is 6.92 Å². The van der Waals surface area contributed by atoms with Crippen molar-refractivity contribution in [2.75, 3.05) is 33.0 Å². The summed E-state index contributed by atoms with van der Waals surface area (Å²) in [4.78, 5) is 0. The molecule has 0 bridgehead atoms. The van der Waals surface area contributed by atoms with Crippen LogP contribution in [0.1, 0.15) is 39.5 Å². The van der Waals surface area contributed by atoms with Crippen LogP contribution >= 0.6 is 0 Å². The van der Waals surface area contributed by atoms with E-state index in [0.717, 1.165) is 26.0 Å². The molecule has 1 aliphatic heterocycles. The Kier molecular flexibility index (Phi) is 7.04. The van der Waals surface area contributed by atoms with Crippen molar-refractivity contribution < 1.29 is 14.6 Å². The van der Waals surface area contributed by atoms with E-state index in [9.17, 15) is 5.11 Å². The lowest BCUT2D eigenvalue weighted by atomic mass is 10.1. The van der Waals surface area contributed by atoms with Crippen LogP contribution in [-0.4, -0.2) is 49.7 Å². The van der Waals surface area contributed by atoms with Gasteiger partial charge in [-0.05, 0) is 39.2 Å². The van der Waals surface area contributed by atoms with Crippen LogP contribution in [0.15, 0.2) is 0 Å². The number of aliphatic hydroxyl groups excluding tert-OH is 1. The molecule has 1 rings (SSSR count). The van der Waals surface area contributed by atoms with Crippen molar-refractivity contribution >= 4 is 0 Å². The summed E-state index contributed by atoms with van der Waals surface area (Å²) in [7, 11) is 0. The Morgan fingerprint density at radius 1 is 1.47 bits per heavy atom. The third-order valence-corrected chi connectivity index (χ3v) is 3.15. The van der Waals surface area contributed by atoms with Crippen molar-refractivity contribution in [1.82, 2.24) is 5.32 Å². The molecule has 0 aromatic rings. The Hall–Kier alpha value is -0.160. The van der Waals surface area contributed by atoms with E-state index < -0.39 is 0 Å². The van der Waals surface area contributed by atoms with Gasteiger partial charge < -0.3 is 19.9 Å². The van der Waals surface area contributed by atoms with Crippen molar-refractivity contribution in [3.05, 3.63) is 0 Å². The van der Waals surface area contributed by atoms with Gasteiger partial charge in [0.05, 0.1) is 31.5 Å². The first-order valence-electron chi connectivity index (χ1n) is 6.75. The first-order chi connectivity index (χ1) is 8.20. The van der Waals surface area contributed by atoms with Crippen molar-refractivity contribution in [3.8, 4) is 0 Å². The highest BCUT2D eigenvalue weighted by Gasteiger charge is 2.23. The summed E-state index contributed by atoms with van der Waals surface area (Å²) in [6.07, 6.45) is 4.81. The second-order valence-electron chi connectivity index (χ2n) is 5.15. The molecule has 0 spiro atoms. The zero-order chi connectivity index (χ0) is 12.6. The fourth-order valence-corrected chi connectivity index (χ4v) is 1.93. The van der Waals surface area contributed by atoms with E-state index in [-0.39, 0.29) is 18.2 Å². The lowest BCUT2D eigenvalue weighted by Gasteiger charge is -2.30. The first-order valence-corrected chi connectivity index (χ1v) is 6.75. The van der Waals surface area contributed by atoms with E-state index in [4.69, 9.17) is 9.47 Å². The molecule has 4 nitrogen and oxygen atoms in total. The molecule has 0 aromatic carbocycles. The van der Waals surface area contributed by atoms with Gasteiger partial charge in [-0.2, -0.15) is 0 Å². The largest absolute Gasteiger partial charge is 0.394 e. The second kappa shape index (κ2) is 8.03. The van der Waals surface area contributed by atoms with Crippen LogP contribution in [-0.2, 0) is 9.47 Å². The fourth-order valence-electron chi connectivity index (χ4n) is 1.93. The number of hydrogen-bond donors (Lipinski definition) is 2. The molecular formula is C13H27NO3. The molecule has 0 saturated carbocycles. The van der Waals surface area contributed by atoms with E-state index in [1.165, 1.54) is 12.8 Å². The fraction of sp³-hybridized carbons (Fsp3) is 1.00. The predicted octanol–water partition coefficient (Wildman–Crippen LogP) is 1.32. The number of hydrogen-bond acceptors (Lipinski definition) is 4. The molecule has 2 unspecified atom stereocenters. The molecule has 102 valence electrons. The highest BCUT2D eigenvalue weighted by atomic mass is 16.5. The summed E-state index contributed by atoms with van der Waals surface area (Å²) in [6.45, 7) is 7.14. The van der Waals surface area contributed by atoms with Crippen LogP contribution in [0.5, 0.6) is 0 Å². The van der Waals surface area contributed by atoms with Crippen molar-refractivity contribution in [2.24, 2.45) is 0 Å². The Balaban J connectivity index is 2.17. The number of ether oxygens (including phenoxy) is 2. The van der Waals surface area contributed by atoms with Gasteiger partial charge in [-0.25, -0.2) is 0 Å². The Morgan fingerprint density at radius 2 is 2.29 bits per heavy atom. The molecular weight excluding hydrogens is 218 g/mol. The van der Waals surface area contributed by atoms with Crippen LogP contribution < -0.4 is 5.32 Å². The van der Waals surface area contributed by atoms with Gasteiger partial charge in [-0.3, -0.25) is 0 Å². The van der Waals surface area contributed by atoms with Gasteiger partial charge >= 0.3 is 0 Å². The molecule has 0 amide bonds. The smallest absolute Gasteiger partial charge is 0.0808 e. The van der Waals surface area contributed by atoms with Crippen LogP contribution in [0.3, 0.4) is 0 Å². The molecule has 17 heavy (non-hydrogen) atoms. The molecule has 2 atom stereocenters. The highest BCUT2D eigenvalue weighted by molar-refractivity contribution is 4.82. The van der Waals surface area contributed by atoms with Gasteiger partial charge in [0.25, 0.3) is 0 Å².